The van der Waals surface area contributed by atoms with Crippen LogP contribution in [0.25, 0.3) is 0 Å². The first-order valence-corrected chi connectivity index (χ1v) is 6.92. The lowest BCUT2D eigenvalue weighted by Crippen LogP contribution is -2.42. The third kappa shape index (κ3) is 3.33. The SMILES string of the molecule is Cc1ccc(C(CN)N2CCC(C(N)=O)CC2)cc1. The van der Waals surface area contributed by atoms with E-state index >= 15 is 0 Å². The number of carbonyl (C=O) groups excluding carboxylic acids is 1. The van der Waals surface area contributed by atoms with Crippen molar-refractivity contribution in [3.63, 3.8) is 0 Å². The Morgan fingerprint density at radius 3 is 2.37 bits per heavy atom. The Bertz CT molecular complexity index is 422. The number of primary amides is 1. The lowest BCUT2D eigenvalue weighted by molar-refractivity contribution is -0.123. The van der Waals surface area contributed by atoms with Gasteiger partial charge in [0.1, 0.15) is 0 Å². The Morgan fingerprint density at radius 2 is 1.89 bits per heavy atom. The summed E-state index contributed by atoms with van der Waals surface area (Å²) in [5, 5.41) is 0. The molecule has 0 aromatic heterocycles. The summed E-state index contributed by atoms with van der Waals surface area (Å²) in [6.07, 6.45) is 1.69. The standard InChI is InChI=1S/C15H23N3O/c1-11-2-4-12(5-3-11)14(10-16)18-8-6-13(7-9-18)15(17)19/h2-5,13-14H,6-10,16H2,1H3,(H2,17,19). The van der Waals surface area contributed by atoms with Gasteiger partial charge >= 0.3 is 0 Å². The van der Waals surface area contributed by atoms with E-state index < -0.39 is 0 Å². The topological polar surface area (TPSA) is 72.3 Å². The molecule has 104 valence electrons. The third-order valence-electron chi connectivity index (χ3n) is 4.06. The van der Waals surface area contributed by atoms with Crippen molar-refractivity contribution in [1.29, 1.82) is 0 Å². The lowest BCUT2D eigenvalue weighted by Gasteiger charge is -2.36. The van der Waals surface area contributed by atoms with Crippen molar-refractivity contribution in [2.75, 3.05) is 19.6 Å². The van der Waals surface area contributed by atoms with Crippen LogP contribution in [-0.2, 0) is 4.79 Å². The van der Waals surface area contributed by atoms with Crippen LogP contribution >= 0.6 is 0 Å². The number of rotatable bonds is 4. The van der Waals surface area contributed by atoms with Crippen molar-refractivity contribution in [2.24, 2.45) is 17.4 Å². The molecule has 0 radical (unpaired) electrons. The van der Waals surface area contributed by atoms with Crippen LogP contribution in [0.3, 0.4) is 0 Å². The van der Waals surface area contributed by atoms with Crippen LogP contribution < -0.4 is 11.5 Å². The fourth-order valence-electron chi connectivity index (χ4n) is 2.78. The predicted molar refractivity (Wildman–Crippen MR) is 76.5 cm³/mol. The molecule has 1 aromatic rings. The Labute approximate surface area is 114 Å². The van der Waals surface area contributed by atoms with E-state index in [1.807, 2.05) is 0 Å². The van der Waals surface area contributed by atoms with Crippen molar-refractivity contribution < 1.29 is 4.79 Å². The van der Waals surface area contributed by atoms with Crippen LogP contribution in [0.5, 0.6) is 0 Å². The molecule has 1 atom stereocenters. The van der Waals surface area contributed by atoms with Gasteiger partial charge in [-0.05, 0) is 38.4 Å². The van der Waals surface area contributed by atoms with Crippen molar-refractivity contribution in [3.05, 3.63) is 35.4 Å². The van der Waals surface area contributed by atoms with Gasteiger partial charge in [-0.1, -0.05) is 29.8 Å². The van der Waals surface area contributed by atoms with Gasteiger partial charge in [0.05, 0.1) is 0 Å². The second-order valence-electron chi connectivity index (χ2n) is 5.37. The Kier molecular flexibility index (Phi) is 4.56. The van der Waals surface area contributed by atoms with Crippen LogP contribution in [0.15, 0.2) is 24.3 Å². The zero-order valence-electron chi connectivity index (χ0n) is 11.5. The van der Waals surface area contributed by atoms with E-state index in [1.165, 1.54) is 11.1 Å². The van der Waals surface area contributed by atoms with E-state index in [1.54, 1.807) is 0 Å². The smallest absolute Gasteiger partial charge is 0.220 e. The van der Waals surface area contributed by atoms with E-state index in [0.29, 0.717) is 6.54 Å². The number of amides is 1. The first-order chi connectivity index (χ1) is 9.11. The first-order valence-electron chi connectivity index (χ1n) is 6.92. The molecule has 1 unspecified atom stereocenters. The van der Waals surface area contributed by atoms with Crippen LogP contribution in [-0.4, -0.2) is 30.4 Å². The molecule has 1 heterocycles. The molecule has 1 amide bonds. The number of hydrogen-bond donors (Lipinski definition) is 2. The highest BCUT2D eigenvalue weighted by Crippen LogP contribution is 2.26. The zero-order valence-corrected chi connectivity index (χ0v) is 11.5. The van der Waals surface area contributed by atoms with Crippen molar-refractivity contribution in [1.82, 2.24) is 4.90 Å². The first kappa shape index (κ1) is 14.0. The molecular formula is C15H23N3O. The molecule has 1 saturated heterocycles. The molecule has 19 heavy (non-hydrogen) atoms. The maximum absolute atomic E-state index is 11.2. The molecule has 4 nitrogen and oxygen atoms in total. The average molecular weight is 261 g/mol. The number of nitrogens with zero attached hydrogens (tertiary/aromatic N) is 1. The molecule has 1 aromatic carbocycles. The highest BCUT2D eigenvalue weighted by Gasteiger charge is 2.27. The fourth-order valence-corrected chi connectivity index (χ4v) is 2.78. The molecule has 1 aliphatic heterocycles. The van der Waals surface area contributed by atoms with Crippen molar-refractivity contribution in [2.45, 2.75) is 25.8 Å². The normalized spacial score (nSPS) is 19.3. The van der Waals surface area contributed by atoms with Crippen molar-refractivity contribution in [3.8, 4) is 0 Å². The van der Waals surface area contributed by atoms with Crippen LogP contribution in [0.4, 0.5) is 0 Å². The largest absolute Gasteiger partial charge is 0.369 e. The van der Waals surface area contributed by atoms with Gasteiger partial charge in [-0.2, -0.15) is 0 Å². The maximum atomic E-state index is 11.2. The molecule has 0 aliphatic carbocycles. The maximum Gasteiger partial charge on any atom is 0.220 e. The summed E-state index contributed by atoms with van der Waals surface area (Å²) in [6.45, 7) is 4.47. The Balaban J connectivity index is 2.03. The van der Waals surface area contributed by atoms with E-state index in [-0.39, 0.29) is 17.9 Å². The Hall–Kier alpha value is -1.39. The van der Waals surface area contributed by atoms with Crippen LogP contribution in [0.1, 0.15) is 30.0 Å². The average Bonchev–Trinajstić information content (AvgIpc) is 2.42. The van der Waals surface area contributed by atoms with Crippen molar-refractivity contribution >= 4 is 5.91 Å². The Morgan fingerprint density at radius 1 is 1.32 bits per heavy atom. The van der Waals surface area contributed by atoms with Gasteiger partial charge in [0, 0.05) is 18.5 Å². The minimum Gasteiger partial charge on any atom is -0.369 e. The molecule has 0 spiro atoms. The van der Waals surface area contributed by atoms with Gasteiger partial charge < -0.3 is 11.5 Å². The summed E-state index contributed by atoms with van der Waals surface area (Å²) >= 11 is 0. The van der Waals surface area contributed by atoms with Gasteiger partial charge in [-0.15, -0.1) is 0 Å². The minimum absolute atomic E-state index is 0.0349. The highest BCUT2D eigenvalue weighted by atomic mass is 16.1. The monoisotopic (exact) mass is 261 g/mol. The van der Waals surface area contributed by atoms with Crippen LogP contribution in [0, 0.1) is 12.8 Å². The molecule has 1 fully saturated rings. The summed E-state index contributed by atoms with van der Waals surface area (Å²) in [5.74, 6) is -0.132. The number of piperidine rings is 1. The fraction of sp³-hybridized carbons (Fsp3) is 0.533. The lowest BCUT2D eigenvalue weighted by atomic mass is 9.93. The van der Waals surface area contributed by atoms with Gasteiger partial charge in [0.2, 0.25) is 5.91 Å². The minimum atomic E-state index is -0.167. The molecule has 4 N–H and O–H groups in total. The molecule has 4 heteroatoms. The number of likely N-dealkylation sites (tertiary alicyclic amines) is 1. The molecule has 0 bridgehead atoms. The van der Waals surface area contributed by atoms with Gasteiger partial charge in [-0.3, -0.25) is 9.69 Å². The number of benzene rings is 1. The van der Waals surface area contributed by atoms with E-state index in [9.17, 15) is 4.79 Å². The molecular weight excluding hydrogens is 238 g/mol. The number of hydrogen-bond acceptors (Lipinski definition) is 3. The molecule has 0 saturated carbocycles. The van der Waals surface area contributed by atoms with E-state index in [2.05, 4.69) is 36.1 Å². The van der Waals surface area contributed by atoms with E-state index in [0.717, 1.165) is 25.9 Å². The number of nitrogens with two attached hydrogens (primary N) is 2. The molecule has 1 aliphatic rings. The summed E-state index contributed by atoms with van der Waals surface area (Å²) < 4.78 is 0. The van der Waals surface area contributed by atoms with Crippen LogP contribution in [0.2, 0.25) is 0 Å². The number of aryl methyl sites for hydroxylation is 1. The summed E-state index contributed by atoms with van der Waals surface area (Å²) in [7, 11) is 0. The second kappa shape index (κ2) is 6.17. The quantitative estimate of drug-likeness (QED) is 0.855. The van der Waals surface area contributed by atoms with Gasteiger partial charge in [0.15, 0.2) is 0 Å². The summed E-state index contributed by atoms with van der Waals surface area (Å²) in [6, 6.07) is 8.77. The predicted octanol–water partition coefficient (Wildman–Crippen LogP) is 1.19. The third-order valence-corrected chi connectivity index (χ3v) is 4.06. The highest BCUT2D eigenvalue weighted by molar-refractivity contribution is 5.76. The second-order valence-corrected chi connectivity index (χ2v) is 5.37. The van der Waals surface area contributed by atoms with E-state index in [4.69, 9.17) is 11.5 Å². The summed E-state index contributed by atoms with van der Waals surface area (Å²) in [4.78, 5) is 13.6. The zero-order chi connectivity index (χ0) is 13.8. The number of carbonyl (C=O) groups is 1. The van der Waals surface area contributed by atoms with Gasteiger partial charge in [-0.25, -0.2) is 0 Å². The molecule has 2 rings (SSSR count). The van der Waals surface area contributed by atoms with Gasteiger partial charge in [0.25, 0.3) is 0 Å². The summed E-state index contributed by atoms with van der Waals surface area (Å²) in [5.41, 5.74) is 13.8.